The van der Waals surface area contributed by atoms with Gasteiger partial charge >= 0.3 is 0 Å². The van der Waals surface area contributed by atoms with Crippen LogP contribution in [0.15, 0.2) is 17.5 Å². The van der Waals surface area contributed by atoms with Crippen LogP contribution in [0.25, 0.3) is 0 Å². The third-order valence-corrected chi connectivity index (χ3v) is 4.08. The lowest BCUT2D eigenvalue weighted by atomic mass is 10.1. The summed E-state index contributed by atoms with van der Waals surface area (Å²) in [5.41, 5.74) is 2.04. The van der Waals surface area contributed by atoms with Gasteiger partial charge in [0.15, 0.2) is 0 Å². The van der Waals surface area contributed by atoms with E-state index in [0.717, 1.165) is 11.4 Å². The number of hydrogen-bond donors (Lipinski definition) is 1. The first-order chi connectivity index (χ1) is 15.9. The van der Waals surface area contributed by atoms with Crippen molar-refractivity contribution < 1.29 is 19.2 Å². The molecule has 0 spiro atoms. The molecule has 192 valence electrons. The van der Waals surface area contributed by atoms with Crippen molar-refractivity contribution in [2.45, 2.75) is 47.5 Å². The molecule has 3 amide bonds. The number of aromatic nitrogens is 6. The number of nitrogens with zero attached hydrogens (tertiary/aromatic N) is 8. The van der Waals surface area contributed by atoms with Crippen molar-refractivity contribution in [2.24, 2.45) is 25.2 Å². The van der Waals surface area contributed by atoms with E-state index in [1.807, 2.05) is 41.1 Å². The van der Waals surface area contributed by atoms with Crippen LogP contribution in [0.4, 0.5) is 0 Å². The van der Waals surface area contributed by atoms with Gasteiger partial charge in [0.2, 0.25) is 17.7 Å². The van der Waals surface area contributed by atoms with Gasteiger partial charge in [-0.15, -0.1) is 15.4 Å². The highest BCUT2D eigenvalue weighted by molar-refractivity contribution is 6.02. The van der Waals surface area contributed by atoms with E-state index in [0.29, 0.717) is 12.8 Å². The molecule has 1 aliphatic heterocycles. The third kappa shape index (κ3) is 15.2. The van der Waals surface area contributed by atoms with Gasteiger partial charge in [0.05, 0.1) is 17.6 Å². The van der Waals surface area contributed by atoms with Crippen molar-refractivity contribution in [3.8, 4) is 0 Å². The topological polar surface area (TPSA) is 149 Å². The van der Waals surface area contributed by atoms with Crippen LogP contribution in [-0.2, 0) is 33.3 Å². The third-order valence-electron chi connectivity index (χ3n) is 4.08. The zero-order chi connectivity index (χ0) is 26.7. The van der Waals surface area contributed by atoms with E-state index >= 15 is 0 Å². The molecule has 13 nitrogen and oxygen atoms in total. The summed E-state index contributed by atoms with van der Waals surface area (Å²) in [6.07, 6.45) is 6.13. The van der Waals surface area contributed by atoms with Crippen LogP contribution < -0.4 is 5.32 Å². The molecule has 34 heavy (non-hydrogen) atoms. The second-order valence-corrected chi connectivity index (χ2v) is 7.00. The minimum absolute atomic E-state index is 0.0556. The van der Waals surface area contributed by atoms with Crippen LogP contribution in [0.1, 0.15) is 45.0 Å². The van der Waals surface area contributed by atoms with Gasteiger partial charge in [-0.05, 0) is 20.8 Å². The fraction of sp³-hybridized carbons (Fsp3) is 0.619. The van der Waals surface area contributed by atoms with Gasteiger partial charge in [0.1, 0.15) is 7.11 Å². The fourth-order valence-corrected chi connectivity index (χ4v) is 2.03. The van der Waals surface area contributed by atoms with Crippen LogP contribution in [0.5, 0.6) is 0 Å². The summed E-state index contributed by atoms with van der Waals surface area (Å²) in [4.78, 5) is 37.0. The molecule has 13 heteroatoms. The molecule has 0 aliphatic carbocycles. The number of rotatable bonds is 2. The maximum Gasteiger partial charge on any atom is 0.232 e. The summed E-state index contributed by atoms with van der Waals surface area (Å²) in [6, 6.07) is 0. The van der Waals surface area contributed by atoms with Gasteiger partial charge < -0.3 is 10.2 Å². The lowest BCUT2D eigenvalue weighted by Crippen LogP contribution is -2.24. The van der Waals surface area contributed by atoms with E-state index < -0.39 is 0 Å². The molecule has 1 atom stereocenters. The summed E-state index contributed by atoms with van der Waals surface area (Å²) in [5, 5.41) is 20.6. The molecule has 0 radical (unpaired) electrons. The summed E-state index contributed by atoms with van der Waals surface area (Å²) in [6.45, 7) is 9.25. The minimum Gasteiger partial charge on any atom is -0.399 e. The predicted molar refractivity (Wildman–Crippen MR) is 129 cm³/mol. The molecule has 2 aromatic heterocycles. The number of oxime groups is 1. The summed E-state index contributed by atoms with van der Waals surface area (Å²) >= 11 is 0. The number of amides is 3. The standard InChI is InChI=1S/C6H9NO2.2C4H7N3.C4H9NO.C3H7NO/c1-4-3-5(8)7(2)6(4)9;1-4-3-7(2)6-5-4;1-4-3-5-6-7(4)2;1-3-4(6)5-2;1-3-4-5-2/h4H,3H2,1-2H3;2*3H,1-2H3;3H2,1-2H3,(H,5,6);3H,1-2H3/b;;;;4-3+. The monoisotopic (exact) mass is 481 g/mol. The number of imide groups is 1. The van der Waals surface area contributed by atoms with Gasteiger partial charge in [-0.3, -0.25) is 28.6 Å². The minimum atomic E-state index is -0.0949. The predicted octanol–water partition coefficient (Wildman–Crippen LogP) is 1.04. The number of likely N-dealkylation sites (tertiary alicyclic amines) is 1. The molecule has 0 saturated carbocycles. The van der Waals surface area contributed by atoms with Crippen LogP contribution in [-0.4, -0.2) is 80.0 Å². The zero-order valence-corrected chi connectivity index (χ0v) is 21.9. The maximum atomic E-state index is 10.8. The Kier molecular flexibility index (Phi) is 18.1. The molecule has 1 aliphatic rings. The Morgan fingerprint density at radius 2 is 1.88 bits per heavy atom. The lowest BCUT2D eigenvalue weighted by Gasteiger charge is -2.03. The SMILES string of the molecule is C/C=N/OC.CC1CC(=O)N(C)C1=O.CCC(=O)NC.Cc1cn(C)nn1.Cc1cnnn1C. The van der Waals surface area contributed by atoms with Crippen molar-refractivity contribution in [1.29, 1.82) is 0 Å². The van der Waals surface area contributed by atoms with Crippen molar-refractivity contribution in [3.05, 3.63) is 23.8 Å². The smallest absolute Gasteiger partial charge is 0.232 e. The maximum absolute atomic E-state index is 10.8. The first-order valence-electron chi connectivity index (χ1n) is 10.6. The molecule has 1 unspecified atom stereocenters. The van der Waals surface area contributed by atoms with E-state index in [-0.39, 0.29) is 23.6 Å². The Labute approximate surface area is 201 Å². The Hall–Kier alpha value is -3.64. The van der Waals surface area contributed by atoms with Gasteiger partial charge in [0, 0.05) is 59.4 Å². The molecule has 2 aromatic rings. The molecule has 3 heterocycles. The normalized spacial score (nSPS) is 13.9. The summed E-state index contributed by atoms with van der Waals surface area (Å²) < 4.78 is 3.40. The Bertz CT molecular complexity index is 838. The number of aryl methyl sites for hydroxylation is 4. The van der Waals surface area contributed by atoms with E-state index in [1.165, 1.54) is 19.1 Å². The highest BCUT2D eigenvalue weighted by Crippen LogP contribution is 2.15. The first kappa shape index (κ1) is 32.5. The molecule has 0 bridgehead atoms. The van der Waals surface area contributed by atoms with Crippen LogP contribution in [0, 0.1) is 19.8 Å². The van der Waals surface area contributed by atoms with Crippen molar-refractivity contribution >= 4 is 23.9 Å². The van der Waals surface area contributed by atoms with Crippen LogP contribution in [0.3, 0.4) is 0 Å². The summed E-state index contributed by atoms with van der Waals surface area (Å²) in [5.74, 6) is -0.120. The van der Waals surface area contributed by atoms with Gasteiger partial charge in [0.25, 0.3) is 0 Å². The molecule has 1 fully saturated rings. The van der Waals surface area contributed by atoms with Crippen molar-refractivity contribution in [2.75, 3.05) is 21.2 Å². The van der Waals surface area contributed by atoms with Crippen LogP contribution >= 0.6 is 0 Å². The molecule has 0 aromatic carbocycles. The number of nitrogens with one attached hydrogen (secondary N) is 1. The number of carbonyl (C=O) groups is 3. The molecular weight excluding hydrogens is 442 g/mol. The Balaban J connectivity index is 0. The number of hydrogen-bond acceptors (Lipinski definition) is 9. The largest absolute Gasteiger partial charge is 0.399 e. The molecular formula is C21H39N9O4. The Morgan fingerprint density at radius 1 is 1.26 bits per heavy atom. The highest BCUT2D eigenvalue weighted by Gasteiger charge is 2.32. The number of carbonyl (C=O) groups excluding carboxylic acids is 3. The quantitative estimate of drug-likeness (QED) is 0.380. The zero-order valence-electron chi connectivity index (χ0n) is 21.9. The van der Waals surface area contributed by atoms with Gasteiger partial charge in [-0.25, -0.2) is 0 Å². The lowest BCUT2D eigenvalue weighted by molar-refractivity contribution is -0.137. The van der Waals surface area contributed by atoms with Crippen molar-refractivity contribution in [3.63, 3.8) is 0 Å². The van der Waals surface area contributed by atoms with Gasteiger partial charge in [-0.1, -0.05) is 24.3 Å². The molecule has 1 saturated heterocycles. The highest BCUT2D eigenvalue weighted by atomic mass is 16.6. The second kappa shape index (κ2) is 18.9. The van der Waals surface area contributed by atoms with Gasteiger partial charge in [-0.2, -0.15) is 0 Å². The average molecular weight is 482 g/mol. The average Bonchev–Trinajstić information content (AvgIpc) is 3.45. The first-order valence-corrected chi connectivity index (χ1v) is 10.6. The second-order valence-electron chi connectivity index (χ2n) is 7.00. The molecule has 1 N–H and O–H groups in total. The van der Waals surface area contributed by atoms with E-state index in [4.69, 9.17) is 0 Å². The molecule has 3 rings (SSSR count). The van der Waals surface area contributed by atoms with E-state index in [1.54, 1.807) is 42.7 Å². The van der Waals surface area contributed by atoms with Crippen molar-refractivity contribution in [1.82, 2.24) is 40.2 Å². The Morgan fingerprint density at radius 3 is 1.97 bits per heavy atom. The van der Waals surface area contributed by atoms with E-state index in [2.05, 4.69) is 35.9 Å². The van der Waals surface area contributed by atoms with E-state index in [9.17, 15) is 14.4 Å². The van der Waals surface area contributed by atoms with Crippen LogP contribution in [0.2, 0.25) is 0 Å². The summed E-state index contributed by atoms with van der Waals surface area (Å²) in [7, 11) is 8.38. The fourth-order valence-electron chi connectivity index (χ4n) is 2.03.